The second kappa shape index (κ2) is 7.92. The minimum Gasteiger partial charge on any atom is -0.478 e. The lowest BCUT2D eigenvalue weighted by Crippen LogP contribution is -2.35. The molecule has 1 aromatic heterocycles. The van der Waals surface area contributed by atoms with Crippen molar-refractivity contribution < 1.29 is 19.2 Å². The zero-order chi connectivity index (χ0) is 16.7. The number of benzene rings is 1. The van der Waals surface area contributed by atoms with Crippen LogP contribution in [0.3, 0.4) is 0 Å². The number of carboxylic acids is 1. The Bertz CT molecular complexity index is 666. The third-order valence-electron chi connectivity index (χ3n) is 3.08. The van der Waals surface area contributed by atoms with Crippen LogP contribution in [0.1, 0.15) is 34.1 Å². The average Bonchev–Trinajstić information content (AvgIpc) is 2.95. The Labute approximate surface area is 132 Å². The molecule has 2 rings (SSSR count). The molecule has 8 heteroatoms. The number of hydrogen-bond acceptors (Lipinski definition) is 5. The maximum atomic E-state index is 11.6. The number of aromatic nitrogens is 2. The second-order valence-corrected chi connectivity index (χ2v) is 4.95. The first-order valence-corrected chi connectivity index (χ1v) is 7.17. The number of nitrogens with one attached hydrogen (secondary N) is 2. The summed E-state index contributed by atoms with van der Waals surface area (Å²) < 4.78 is 4.97. The van der Waals surface area contributed by atoms with Crippen molar-refractivity contribution in [3.05, 3.63) is 47.1 Å². The van der Waals surface area contributed by atoms with Crippen LogP contribution in [0.5, 0.6) is 0 Å². The fourth-order valence-electron chi connectivity index (χ4n) is 1.89. The molecule has 0 radical (unpaired) electrons. The van der Waals surface area contributed by atoms with Crippen LogP contribution in [0.25, 0.3) is 0 Å². The lowest BCUT2D eigenvalue weighted by molar-refractivity contribution is 0.0697. The standard InChI is InChI=1S/C15H18N4O4/c1-10-18-13(23-19-10)3-2-8-16-15(22)17-9-11-4-6-12(7-5-11)14(20)21/h4-7H,2-3,8-9H2,1H3,(H,20,21)(H2,16,17,22). The Kier molecular flexibility index (Phi) is 5.67. The van der Waals surface area contributed by atoms with E-state index in [1.54, 1.807) is 19.1 Å². The molecule has 23 heavy (non-hydrogen) atoms. The van der Waals surface area contributed by atoms with E-state index >= 15 is 0 Å². The van der Waals surface area contributed by atoms with Crippen LogP contribution in [0, 0.1) is 6.92 Å². The van der Waals surface area contributed by atoms with Gasteiger partial charge in [-0.15, -0.1) is 0 Å². The van der Waals surface area contributed by atoms with Gasteiger partial charge in [-0.2, -0.15) is 4.98 Å². The molecule has 0 bridgehead atoms. The molecule has 0 saturated heterocycles. The zero-order valence-corrected chi connectivity index (χ0v) is 12.7. The van der Waals surface area contributed by atoms with Gasteiger partial charge < -0.3 is 20.3 Å². The van der Waals surface area contributed by atoms with Crippen molar-refractivity contribution in [2.75, 3.05) is 6.54 Å². The number of carboxylic acid groups (broad SMARTS) is 1. The van der Waals surface area contributed by atoms with E-state index in [1.807, 2.05) is 0 Å². The van der Waals surface area contributed by atoms with Crippen LogP contribution in [-0.4, -0.2) is 33.8 Å². The lowest BCUT2D eigenvalue weighted by Gasteiger charge is -2.07. The molecule has 1 aromatic carbocycles. The highest BCUT2D eigenvalue weighted by atomic mass is 16.5. The third-order valence-corrected chi connectivity index (χ3v) is 3.08. The van der Waals surface area contributed by atoms with Crippen molar-refractivity contribution in [1.29, 1.82) is 0 Å². The molecule has 122 valence electrons. The maximum Gasteiger partial charge on any atom is 0.335 e. The van der Waals surface area contributed by atoms with Gasteiger partial charge in [-0.05, 0) is 31.0 Å². The molecule has 2 amide bonds. The number of rotatable bonds is 7. The summed E-state index contributed by atoms with van der Waals surface area (Å²) >= 11 is 0. The van der Waals surface area contributed by atoms with Crippen molar-refractivity contribution in [3.63, 3.8) is 0 Å². The number of nitrogens with zero attached hydrogens (tertiary/aromatic N) is 2. The van der Waals surface area contributed by atoms with Crippen molar-refractivity contribution in [1.82, 2.24) is 20.8 Å². The van der Waals surface area contributed by atoms with Crippen LogP contribution in [-0.2, 0) is 13.0 Å². The summed E-state index contributed by atoms with van der Waals surface area (Å²) in [5.74, 6) is 0.182. The van der Waals surface area contributed by atoms with E-state index in [1.165, 1.54) is 12.1 Å². The number of aryl methyl sites for hydroxylation is 2. The SMILES string of the molecule is Cc1noc(CCCNC(=O)NCc2ccc(C(=O)O)cc2)n1. The van der Waals surface area contributed by atoms with E-state index in [4.69, 9.17) is 9.63 Å². The molecule has 0 spiro atoms. The number of carbonyl (C=O) groups is 2. The molecule has 0 fully saturated rings. The number of aromatic carboxylic acids is 1. The predicted octanol–water partition coefficient (Wildman–Crippen LogP) is 1.51. The van der Waals surface area contributed by atoms with Crippen LogP contribution in [0.2, 0.25) is 0 Å². The van der Waals surface area contributed by atoms with Gasteiger partial charge >= 0.3 is 12.0 Å². The highest BCUT2D eigenvalue weighted by Gasteiger charge is 2.05. The highest BCUT2D eigenvalue weighted by molar-refractivity contribution is 5.87. The maximum absolute atomic E-state index is 11.6. The molecule has 0 atom stereocenters. The summed E-state index contributed by atoms with van der Waals surface area (Å²) in [6.45, 7) is 2.57. The average molecular weight is 318 g/mol. The van der Waals surface area contributed by atoms with Gasteiger partial charge in [0.15, 0.2) is 5.82 Å². The van der Waals surface area contributed by atoms with Gasteiger partial charge in [-0.3, -0.25) is 0 Å². The topological polar surface area (TPSA) is 117 Å². The Morgan fingerprint density at radius 3 is 2.57 bits per heavy atom. The molecule has 0 saturated carbocycles. The van der Waals surface area contributed by atoms with E-state index in [-0.39, 0.29) is 11.6 Å². The van der Waals surface area contributed by atoms with E-state index < -0.39 is 5.97 Å². The first-order valence-electron chi connectivity index (χ1n) is 7.17. The van der Waals surface area contributed by atoms with E-state index in [0.29, 0.717) is 37.6 Å². The Morgan fingerprint density at radius 1 is 1.22 bits per heavy atom. The number of urea groups is 1. The van der Waals surface area contributed by atoms with Crippen LogP contribution < -0.4 is 10.6 Å². The Morgan fingerprint density at radius 2 is 1.96 bits per heavy atom. The van der Waals surface area contributed by atoms with Crippen molar-refractivity contribution in [2.45, 2.75) is 26.3 Å². The minimum atomic E-state index is -0.973. The van der Waals surface area contributed by atoms with Crippen LogP contribution in [0.15, 0.2) is 28.8 Å². The van der Waals surface area contributed by atoms with Crippen molar-refractivity contribution in [3.8, 4) is 0 Å². The smallest absolute Gasteiger partial charge is 0.335 e. The van der Waals surface area contributed by atoms with Gasteiger partial charge in [0.1, 0.15) is 0 Å². The summed E-state index contributed by atoms with van der Waals surface area (Å²) in [6, 6.07) is 6.06. The van der Waals surface area contributed by atoms with Crippen LogP contribution >= 0.6 is 0 Å². The van der Waals surface area contributed by atoms with Gasteiger partial charge in [0.25, 0.3) is 0 Å². The lowest BCUT2D eigenvalue weighted by atomic mass is 10.1. The van der Waals surface area contributed by atoms with Gasteiger partial charge in [0.05, 0.1) is 5.56 Å². The minimum absolute atomic E-state index is 0.217. The van der Waals surface area contributed by atoms with Crippen molar-refractivity contribution in [2.24, 2.45) is 0 Å². The molecular formula is C15H18N4O4. The summed E-state index contributed by atoms with van der Waals surface area (Å²) in [5.41, 5.74) is 1.04. The molecule has 0 unspecified atom stereocenters. The van der Waals surface area contributed by atoms with E-state index in [0.717, 1.165) is 5.56 Å². The Balaban J connectivity index is 1.63. The third kappa shape index (κ3) is 5.42. The molecular weight excluding hydrogens is 300 g/mol. The first kappa shape index (κ1) is 16.5. The molecule has 0 aliphatic rings. The van der Waals surface area contributed by atoms with Crippen molar-refractivity contribution >= 4 is 12.0 Å². The molecule has 1 heterocycles. The fraction of sp³-hybridized carbons (Fsp3) is 0.333. The van der Waals surface area contributed by atoms with Gasteiger partial charge in [-0.25, -0.2) is 9.59 Å². The summed E-state index contributed by atoms with van der Waals surface area (Å²) in [7, 11) is 0. The fourth-order valence-corrected chi connectivity index (χ4v) is 1.89. The molecule has 0 aliphatic carbocycles. The highest BCUT2D eigenvalue weighted by Crippen LogP contribution is 2.04. The number of carbonyl (C=O) groups excluding carboxylic acids is 1. The Hall–Kier alpha value is -2.90. The number of hydrogen-bond donors (Lipinski definition) is 3. The first-order chi connectivity index (χ1) is 11.0. The zero-order valence-electron chi connectivity index (χ0n) is 12.7. The molecule has 2 aromatic rings. The second-order valence-electron chi connectivity index (χ2n) is 4.95. The van der Waals surface area contributed by atoms with Gasteiger partial charge in [0.2, 0.25) is 5.89 Å². The monoisotopic (exact) mass is 318 g/mol. The molecule has 8 nitrogen and oxygen atoms in total. The molecule has 3 N–H and O–H groups in total. The predicted molar refractivity (Wildman–Crippen MR) is 81.0 cm³/mol. The van der Waals surface area contributed by atoms with E-state index in [2.05, 4.69) is 20.8 Å². The van der Waals surface area contributed by atoms with Gasteiger partial charge in [-0.1, -0.05) is 17.3 Å². The summed E-state index contributed by atoms with van der Waals surface area (Å²) in [5, 5.41) is 17.9. The van der Waals surface area contributed by atoms with Gasteiger partial charge in [0, 0.05) is 19.5 Å². The largest absolute Gasteiger partial charge is 0.478 e. The van der Waals surface area contributed by atoms with E-state index in [9.17, 15) is 9.59 Å². The van der Waals surface area contributed by atoms with Crippen LogP contribution in [0.4, 0.5) is 4.79 Å². The molecule has 0 aliphatic heterocycles. The summed E-state index contributed by atoms with van der Waals surface area (Å²) in [6.07, 6.45) is 1.31. The summed E-state index contributed by atoms with van der Waals surface area (Å²) in [4.78, 5) is 26.4. The normalized spacial score (nSPS) is 10.3. The number of amides is 2. The quantitative estimate of drug-likeness (QED) is 0.666.